The van der Waals surface area contributed by atoms with Crippen molar-refractivity contribution in [3.8, 4) is 28.5 Å². The summed E-state index contributed by atoms with van der Waals surface area (Å²) < 4.78 is 33.1. The Labute approximate surface area is 228 Å². The zero-order chi connectivity index (χ0) is 27.9. The van der Waals surface area contributed by atoms with Crippen molar-refractivity contribution in [2.24, 2.45) is 5.73 Å². The number of aromatic nitrogens is 2. The summed E-state index contributed by atoms with van der Waals surface area (Å²) in [4.78, 5) is 9.73. The molecule has 0 atom stereocenters. The van der Waals surface area contributed by atoms with Crippen LogP contribution in [-0.4, -0.2) is 35.1 Å². The first kappa shape index (κ1) is 27.5. The molecule has 0 fully saturated rings. The summed E-state index contributed by atoms with van der Waals surface area (Å²) in [5.74, 6) is 1.42. The number of ether oxygens (including phenoxy) is 3. The first-order valence-corrected chi connectivity index (χ1v) is 12.9. The van der Waals surface area contributed by atoms with Gasteiger partial charge in [0.25, 0.3) is 0 Å². The van der Waals surface area contributed by atoms with Crippen LogP contribution in [0.15, 0.2) is 66.9 Å². The predicted octanol–water partition coefficient (Wildman–Crippen LogP) is 6.42. The molecule has 4 rings (SSSR count). The van der Waals surface area contributed by atoms with E-state index in [1.54, 1.807) is 47.5 Å². The number of rotatable bonds is 12. The first-order valence-electron chi connectivity index (χ1n) is 12.9. The van der Waals surface area contributed by atoms with Gasteiger partial charge in [0.15, 0.2) is 11.6 Å². The Morgan fingerprint density at radius 2 is 1.74 bits per heavy atom. The van der Waals surface area contributed by atoms with E-state index < -0.39 is 5.82 Å². The maximum atomic E-state index is 16.0. The summed E-state index contributed by atoms with van der Waals surface area (Å²) >= 11 is 0. The van der Waals surface area contributed by atoms with Gasteiger partial charge in [-0.25, -0.2) is 9.37 Å². The minimum atomic E-state index is -0.515. The second-order valence-electron chi connectivity index (χ2n) is 9.11. The van der Waals surface area contributed by atoms with E-state index in [0.29, 0.717) is 36.0 Å². The van der Waals surface area contributed by atoms with Crippen molar-refractivity contribution in [3.63, 3.8) is 0 Å². The normalized spacial score (nSPS) is 10.9. The van der Waals surface area contributed by atoms with Gasteiger partial charge in [0.2, 0.25) is 0 Å². The van der Waals surface area contributed by atoms with E-state index in [-0.39, 0.29) is 29.9 Å². The molecule has 0 unspecified atom stereocenters. The lowest BCUT2D eigenvalue weighted by atomic mass is 10.1. The van der Waals surface area contributed by atoms with Gasteiger partial charge in [-0.2, -0.15) is 0 Å². The van der Waals surface area contributed by atoms with Crippen LogP contribution in [0.5, 0.6) is 17.2 Å². The summed E-state index contributed by atoms with van der Waals surface area (Å²) in [6.07, 6.45) is 1.52. The molecule has 1 heterocycles. The second kappa shape index (κ2) is 12.3. The minimum Gasteiger partial charge on any atom is -0.494 e. The fourth-order valence-electron chi connectivity index (χ4n) is 4.14. The Balaban J connectivity index is 1.77. The van der Waals surface area contributed by atoms with Crippen molar-refractivity contribution < 1.29 is 18.6 Å². The molecule has 0 aliphatic rings. The number of hydrogen-bond acceptors (Lipinski definition) is 6. The Bertz CT molecular complexity index is 1420. The van der Waals surface area contributed by atoms with Gasteiger partial charge in [0, 0.05) is 28.9 Å². The lowest BCUT2D eigenvalue weighted by Gasteiger charge is -2.26. The quantitative estimate of drug-likeness (QED) is 0.144. The number of H-pyrrole nitrogens is 1. The third-order valence-electron chi connectivity index (χ3n) is 5.84. The number of nitrogens with zero attached hydrogens (tertiary/aromatic N) is 2. The Hall–Kier alpha value is -4.53. The molecule has 0 spiro atoms. The third kappa shape index (κ3) is 6.67. The monoisotopic (exact) mass is 531 g/mol. The van der Waals surface area contributed by atoms with Crippen LogP contribution in [0, 0.1) is 11.2 Å². The molecule has 1 aromatic heterocycles. The summed E-state index contributed by atoms with van der Waals surface area (Å²) in [5, 5.41) is 7.73. The number of aromatic amines is 1. The van der Waals surface area contributed by atoms with Gasteiger partial charge < -0.3 is 29.8 Å². The van der Waals surface area contributed by atoms with Crippen LogP contribution in [0.3, 0.4) is 0 Å². The topological polar surface area (TPSA) is 109 Å². The van der Waals surface area contributed by atoms with Gasteiger partial charge in [0.05, 0.1) is 43.4 Å². The zero-order valence-corrected chi connectivity index (χ0v) is 22.6. The van der Waals surface area contributed by atoms with Crippen molar-refractivity contribution in [2.45, 2.75) is 40.3 Å². The number of anilines is 2. The number of nitrogens with two attached hydrogens (primary N) is 1. The van der Waals surface area contributed by atoms with Crippen molar-refractivity contribution in [3.05, 3.63) is 84.1 Å². The van der Waals surface area contributed by atoms with Crippen LogP contribution >= 0.6 is 0 Å². The average molecular weight is 532 g/mol. The molecule has 39 heavy (non-hydrogen) atoms. The summed E-state index contributed by atoms with van der Waals surface area (Å²) in [6, 6.07) is 18.0. The number of halogens is 1. The van der Waals surface area contributed by atoms with Crippen molar-refractivity contribution in [1.82, 2.24) is 9.97 Å². The molecule has 8 nitrogen and oxygen atoms in total. The van der Waals surface area contributed by atoms with Crippen molar-refractivity contribution >= 4 is 17.2 Å². The molecule has 204 valence electrons. The fraction of sp³-hybridized carbons (Fsp3) is 0.267. The SMILES string of the molecule is CCOc1cccc(-c2cnc(CN(c3ccc(C(=N)N)cc3)c3cc(OCC)cc(OC(C)C)c3F)[nH]2)c1. The molecule has 4 N–H and O–H groups in total. The van der Waals surface area contributed by atoms with Gasteiger partial charge in [0.1, 0.15) is 23.2 Å². The molecule has 3 aromatic carbocycles. The predicted molar refractivity (Wildman–Crippen MR) is 152 cm³/mol. The number of imidazole rings is 1. The van der Waals surface area contributed by atoms with Gasteiger partial charge in [-0.3, -0.25) is 5.41 Å². The van der Waals surface area contributed by atoms with E-state index in [4.69, 9.17) is 25.4 Å². The first-order chi connectivity index (χ1) is 18.8. The average Bonchev–Trinajstić information content (AvgIpc) is 3.38. The van der Waals surface area contributed by atoms with Gasteiger partial charge >= 0.3 is 0 Å². The largest absolute Gasteiger partial charge is 0.494 e. The maximum absolute atomic E-state index is 16.0. The molecule has 0 saturated heterocycles. The van der Waals surface area contributed by atoms with Crippen LogP contribution in [0.25, 0.3) is 11.3 Å². The third-order valence-corrected chi connectivity index (χ3v) is 5.84. The number of nitrogens with one attached hydrogen (secondary N) is 2. The standard InChI is InChI=1S/C30H34FN5O3/c1-5-37-23-9-7-8-21(14-23)25-17-34-28(35-25)18-36(22-12-10-20(11-13-22)30(32)33)26-15-24(38-6-2)16-27(29(26)31)39-19(3)4/h7-17,19H,5-6,18H2,1-4H3,(H3,32,33)(H,34,35). The molecule has 0 aliphatic carbocycles. The van der Waals surface area contributed by atoms with Gasteiger partial charge in [-0.05, 0) is 64.1 Å². The fourth-order valence-corrected chi connectivity index (χ4v) is 4.14. The zero-order valence-electron chi connectivity index (χ0n) is 22.6. The van der Waals surface area contributed by atoms with Crippen LogP contribution in [0.4, 0.5) is 15.8 Å². The van der Waals surface area contributed by atoms with Crippen LogP contribution in [0.2, 0.25) is 0 Å². The molecule has 0 radical (unpaired) electrons. The van der Waals surface area contributed by atoms with Crippen LogP contribution in [-0.2, 0) is 6.54 Å². The number of hydrogen-bond donors (Lipinski definition) is 3. The highest BCUT2D eigenvalue weighted by Gasteiger charge is 2.22. The second-order valence-corrected chi connectivity index (χ2v) is 9.11. The molecule has 4 aromatic rings. The van der Waals surface area contributed by atoms with E-state index in [1.165, 1.54) is 0 Å². The molecular weight excluding hydrogens is 497 g/mol. The summed E-state index contributed by atoms with van der Waals surface area (Å²) in [5.41, 5.74) is 8.91. The Morgan fingerprint density at radius 1 is 1.03 bits per heavy atom. The molecule has 0 aliphatic heterocycles. The van der Waals surface area contributed by atoms with Crippen LogP contribution in [0.1, 0.15) is 39.1 Å². The highest BCUT2D eigenvalue weighted by molar-refractivity contribution is 5.95. The van der Waals surface area contributed by atoms with Gasteiger partial charge in [-0.15, -0.1) is 0 Å². The maximum Gasteiger partial charge on any atom is 0.188 e. The number of benzene rings is 3. The number of amidine groups is 1. The molecule has 9 heteroatoms. The lowest BCUT2D eigenvalue weighted by Crippen LogP contribution is -2.20. The van der Waals surface area contributed by atoms with Gasteiger partial charge in [-0.1, -0.05) is 12.1 Å². The van der Waals surface area contributed by atoms with Crippen molar-refractivity contribution in [1.29, 1.82) is 5.41 Å². The van der Waals surface area contributed by atoms with E-state index in [2.05, 4.69) is 9.97 Å². The van der Waals surface area contributed by atoms with E-state index in [1.807, 2.05) is 52.0 Å². The van der Waals surface area contributed by atoms with Crippen molar-refractivity contribution in [2.75, 3.05) is 18.1 Å². The highest BCUT2D eigenvalue weighted by Crippen LogP contribution is 2.38. The minimum absolute atomic E-state index is 0.0461. The Kier molecular flexibility index (Phi) is 8.70. The van der Waals surface area contributed by atoms with E-state index in [9.17, 15) is 0 Å². The van der Waals surface area contributed by atoms with E-state index in [0.717, 1.165) is 17.0 Å². The van der Waals surface area contributed by atoms with E-state index >= 15 is 4.39 Å². The lowest BCUT2D eigenvalue weighted by molar-refractivity contribution is 0.229. The molecule has 0 amide bonds. The molecule has 0 saturated carbocycles. The molecular formula is C30H34FN5O3. The smallest absolute Gasteiger partial charge is 0.188 e. The summed E-state index contributed by atoms with van der Waals surface area (Å²) in [7, 11) is 0. The Morgan fingerprint density at radius 3 is 2.41 bits per heavy atom. The van der Waals surface area contributed by atoms with Crippen LogP contribution < -0.4 is 24.8 Å². The highest BCUT2D eigenvalue weighted by atomic mass is 19.1. The summed E-state index contributed by atoms with van der Waals surface area (Å²) in [6.45, 7) is 8.71. The number of nitrogen functional groups attached to an aromatic ring is 1. The molecule has 0 bridgehead atoms.